The lowest BCUT2D eigenvalue weighted by Crippen LogP contribution is -2.47. The summed E-state index contributed by atoms with van der Waals surface area (Å²) in [6.07, 6.45) is 9.04. The highest BCUT2D eigenvalue weighted by molar-refractivity contribution is 5.96. The molecule has 2 unspecified atom stereocenters. The Morgan fingerprint density at radius 2 is 2.17 bits per heavy atom. The zero-order valence-corrected chi connectivity index (χ0v) is 19.7. The molecule has 3 aromatic rings. The molecule has 1 fully saturated rings. The van der Waals surface area contributed by atoms with Gasteiger partial charge in [-0.3, -0.25) is 14.9 Å². The molecule has 9 heteroatoms. The first-order valence-electron chi connectivity index (χ1n) is 11.8. The van der Waals surface area contributed by atoms with E-state index in [0.717, 1.165) is 37.0 Å². The first kappa shape index (κ1) is 24.2. The number of hydrogen-bond acceptors (Lipinski definition) is 6. The number of carbonyl (C=O) groups is 1. The predicted molar refractivity (Wildman–Crippen MR) is 133 cm³/mol. The zero-order chi connectivity index (χ0) is 24.8. The fraction of sp³-hybridized carbons (Fsp3) is 0.385. The van der Waals surface area contributed by atoms with E-state index in [1.807, 2.05) is 36.1 Å². The fourth-order valence-electron chi connectivity index (χ4n) is 4.73. The standard InChI is InChI=1S/C26H29N5O4/c1-3-14-35-21-11-5-8-18(15-21)17-27-19-9-6-10-20(16-19)30(4-2)26(32)25-28-22-12-7-13-23(31(33)34)24(22)29-25/h1,5,7-8,11-13,15,19-20,27H,4,6,9-10,14,16-17H2,2H3,(H,28,29). The third-order valence-corrected chi connectivity index (χ3v) is 6.40. The summed E-state index contributed by atoms with van der Waals surface area (Å²) in [6, 6.07) is 12.8. The van der Waals surface area contributed by atoms with Crippen LogP contribution in [0.1, 0.15) is 48.8 Å². The van der Waals surface area contributed by atoms with Gasteiger partial charge in [0.15, 0.2) is 11.3 Å². The van der Waals surface area contributed by atoms with Crippen LogP contribution in [0, 0.1) is 22.5 Å². The number of terminal acetylenes is 1. The second-order valence-corrected chi connectivity index (χ2v) is 8.65. The van der Waals surface area contributed by atoms with Crippen molar-refractivity contribution in [1.29, 1.82) is 0 Å². The molecule has 0 saturated heterocycles. The number of ether oxygens (including phenoxy) is 1. The highest BCUT2D eigenvalue weighted by atomic mass is 16.6. The number of aromatic amines is 1. The Morgan fingerprint density at radius 1 is 1.34 bits per heavy atom. The molecule has 35 heavy (non-hydrogen) atoms. The van der Waals surface area contributed by atoms with Gasteiger partial charge >= 0.3 is 0 Å². The van der Waals surface area contributed by atoms with Crippen molar-refractivity contribution >= 4 is 22.6 Å². The van der Waals surface area contributed by atoms with Crippen molar-refractivity contribution in [2.24, 2.45) is 0 Å². The van der Waals surface area contributed by atoms with Crippen LogP contribution in [0.2, 0.25) is 0 Å². The molecule has 1 aliphatic rings. The molecule has 182 valence electrons. The van der Waals surface area contributed by atoms with Crippen LogP contribution in [-0.4, -0.2) is 50.9 Å². The van der Waals surface area contributed by atoms with E-state index in [2.05, 4.69) is 21.2 Å². The van der Waals surface area contributed by atoms with Crippen LogP contribution in [-0.2, 0) is 6.54 Å². The van der Waals surface area contributed by atoms with E-state index in [0.29, 0.717) is 18.6 Å². The number of fused-ring (bicyclic) bond motifs is 1. The summed E-state index contributed by atoms with van der Waals surface area (Å²) in [7, 11) is 0. The number of nitrogens with zero attached hydrogens (tertiary/aromatic N) is 3. The van der Waals surface area contributed by atoms with Crippen LogP contribution in [0.3, 0.4) is 0 Å². The van der Waals surface area contributed by atoms with Gasteiger partial charge in [0.1, 0.15) is 12.4 Å². The maximum atomic E-state index is 13.3. The summed E-state index contributed by atoms with van der Waals surface area (Å²) in [5, 5.41) is 14.9. The first-order valence-corrected chi connectivity index (χ1v) is 11.8. The number of para-hydroxylation sites is 1. The molecule has 2 aromatic carbocycles. The van der Waals surface area contributed by atoms with Gasteiger partial charge in [0.25, 0.3) is 11.6 Å². The van der Waals surface area contributed by atoms with Crippen molar-refractivity contribution in [2.45, 2.75) is 51.2 Å². The van der Waals surface area contributed by atoms with Gasteiger partial charge in [-0.2, -0.15) is 0 Å². The Labute approximate surface area is 204 Å². The number of nitro groups is 1. The number of nitrogens with one attached hydrogen (secondary N) is 2. The van der Waals surface area contributed by atoms with Crippen molar-refractivity contribution in [3.05, 3.63) is 64.0 Å². The molecule has 1 heterocycles. The van der Waals surface area contributed by atoms with Crippen molar-refractivity contribution in [1.82, 2.24) is 20.2 Å². The number of non-ortho nitro benzene ring substituents is 1. The van der Waals surface area contributed by atoms with Crippen LogP contribution >= 0.6 is 0 Å². The highest BCUT2D eigenvalue weighted by Crippen LogP contribution is 2.27. The smallest absolute Gasteiger partial charge is 0.297 e. The summed E-state index contributed by atoms with van der Waals surface area (Å²) in [5.74, 6) is 3.12. The van der Waals surface area contributed by atoms with E-state index in [4.69, 9.17) is 11.2 Å². The van der Waals surface area contributed by atoms with Crippen LogP contribution < -0.4 is 10.1 Å². The third-order valence-electron chi connectivity index (χ3n) is 6.40. The molecule has 1 aromatic heterocycles. The highest BCUT2D eigenvalue weighted by Gasteiger charge is 2.31. The Balaban J connectivity index is 1.42. The number of amides is 1. The lowest BCUT2D eigenvalue weighted by Gasteiger charge is -2.37. The average Bonchev–Trinajstić information content (AvgIpc) is 3.32. The zero-order valence-electron chi connectivity index (χ0n) is 19.7. The number of imidazole rings is 1. The normalized spacial score (nSPS) is 17.6. The molecular formula is C26H29N5O4. The predicted octanol–water partition coefficient (Wildman–Crippen LogP) is 4.05. The number of H-pyrrole nitrogens is 1. The molecule has 0 bridgehead atoms. The number of aromatic nitrogens is 2. The topological polar surface area (TPSA) is 113 Å². The van der Waals surface area contributed by atoms with Crippen LogP contribution in [0.15, 0.2) is 42.5 Å². The fourth-order valence-corrected chi connectivity index (χ4v) is 4.73. The minimum absolute atomic E-state index is 0.0623. The van der Waals surface area contributed by atoms with Crippen LogP contribution in [0.25, 0.3) is 11.0 Å². The minimum atomic E-state index is -0.483. The molecule has 1 aliphatic carbocycles. The molecule has 1 amide bonds. The van der Waals surface area contributed by atoms with E-state index in [1.54, 1.807) is 12.1 Å². The lowest BCUT2D eigenvalue weighted by atomic mass is 9.89. The number of carbonyl (C=O) groups excluding carboxylic acids is 1. The minimum Gasteiger partial charge on any atom is -0.481 e. The largest absolute Gasteiger partial charge is 0.481 e. The quantitative estimate of drug-likeness (QED) is 0.274. The number of hydrogen-bond donors (Lipinski definition) is 2. The SMILES string of the molecule is C#CCOc1cccc(CNC2CCCC(N(CC)C(=O)c3nc4c([N+](=O)[O-])cccc4[nH]3)C2)c1. The number of nitro benzene ring substituents is 1. The molecule has 9 nitrogen and oxygen atoms in total. The van der Waals surface area contributed by atoms with Gasteiger partial charge in [-0.15, -0.1) is 6.42 Å². The molecule has 2 atom stereocenters. The van der Waals surface area contributed by atoms with E-state index >= 15 is 0 Å². The second-order valence-electron chi connectivity index (χ2n) is 8.65. The Bertz CT molecular complexity index is 1250. The number of rotatable bonds is 9. The number of benzene rings is 2. The lowest BCUT2D eigenvalue weighted by molar-refractivity contribution is -0.383. The van der Waals surface area contributed by atoms with Gasteiger partial charge in [0.05, 0.1) is 10.4 Å². The molecule has 4 rings (SSSR count). The molecular weight excluding hydrogens is 446 g/mol. The van der Waals surface area contributed by atoms with Crippen LogP contribution in [0.5, 0.6) is 5.75 Å². The van der Waals surface area contributed by atoms with Crippen molar-refractivity contribution in [3.8, 4) is 18.1 Å². The Morgan fingerprint density at radius 3 is 2.94 bits per heavy atom. The Kier molecular flexibility index (Phi) is 7.63. The van der Waals surface area contributed by atoms with E-state index < -0.39 is 4.92 Å². The molecule has 0 radical (unpaired) electrons. The maximum Gasteiger partial charge on any atom is 0.297 e. The van der Waals surface area contributed by atoms with Crippen LogP contribution in [0.4, 0.5) is 5.69 Å². The van der Waals surface area contributed by atoms with Gasteiger partial charge in [-0.25, -0.2) is 4.98 Å². The van der Waals surface area contributed by atoms with Crippen molar-refractivity contribution in [3.63, 3.8) is 0 Å². The van der Waals surface area contributed by atoms with Crippen molar-refractivity contribution < 1.29 is 14.5 Å². The second kappa shape index (κ2) is 11.0. The van der Waals surface area contributed by atoms with Gasteiger partial charge in [-0.05, 0) is 56.4 Å². The maximum absolute atomic E-state index is 13.3. The Hall–Kier alpha value is -3.90. The summed E-state index contributed by atoms with van der Waals surface area (Å²) in [4.78, 5) is 33.3. The van der Waals surface area contributed by atoms with Gasteiger partial charge in [0.2, 0.25) is 0 Å². The summed E-state index contributed by atoms with van der Waals surface area (Å²) in [5.41, 5.74) is 1.68. The van der Waals surface area contributed by atoms with Gasteiger partial charge in [0, 0.05) is 31.2 Å². The molecule has 0 spiro atoms. The summed E-state index contributed by atoms with van der Waals surface area (Å²) < 4.78 is 5.51. The average molecular weight is 476 g/mol. The summed E-state index contributed by atoms with van der Waals surface area (Å²) >= 11 is 0. The monoisotopic (exact) mass is 475 g/mol. The van der Waals surface area contributed by atoms with Gasteiger partial charge in [-0.1, -0.05) is 24.1 Å². The van der Waals surface area contributed by atoms with E-state index in [1.165, 1.54) is 6.07 Å². The van der Waals surface area contributed by atoms with E-state index in [-0.39, 0.29) is 41.6 Å². The summed E-state index contributed by atoms with van der Waals surface area (Å²) in [6.45, 7) is 3.41. The molecule has 1 saturated carbocycles. The first-order chi connectivity index (χ1) is 17.0. The third kappa shape index (κ3) is 5.61. The van der Waals surface area contributed by atoms with Crippen molar-refractivity contribution in [2.75, 3.05) is 13.2 Å². The van der Waals surface area contributed by atoms with Gasteiger partial charge < -0.3 is 19.9 Å². The molecule has 0 aliphatic heterocycles. The van der Waals surface area contributed by atoms with E-state index in [9.17, 15) is 14.9 Å². The molecule has 2 N–H and O–H groups in total.